The third-order valence-electron chi connectivity index (χ3n) is 3.72. The number of nitrogens with one attached hydrogen (secondary N) is 1. The molecule has 0 aliphatic heterocycles. The fourth-order valence-corrected chi connectivity index (χ4v) is 3.42. The van der Waals surface area contributed by atoms with Gasteiger partial charge < -0.3 is 5.32 Å². The normalized spacial score (nSPS) is 16.6. The van der Waals surface area contributed by atoms with E-state index in [2.05, 4.69) is 16.6 Å². The van der Waals surface area contributed by atoms with Crippen molar-refractivity contribution in [2.45, 2.75) is 30.4 Å². The summed E-state index contributed by atoms with van der Waals surface area (Å²) in [5.74, 6) is 0.245. The molecule has 0 atom stereocenters. The molecule has 0 saturated heterocycles. The number of rotatable bonds is 5. The van der Waals surface area contributed by atoms with E-state index in [4.69, 9.17) is 5.26 Å². The van der Waals surface area contributed by atoms with Gasteiger partial charge in [0.15, 0.2) is 0 Å². The van der Waals surface area contributed by atoms with Crippen molar-refractivity contribution in [2.75, 3.05) is 18.1 Å². The molecule has 1 saturated carbocycles. The lowest BCUT2D eigenvalue weighted by molar-refractivity contribution is -0.384. The Hall–Kier alpha value is -1.81. The van der Waals surface area contributed by atoms with Gasteiger partial charge in [-0.2, -0.15) is 17.0 Å². The van der Waals surface area contributed by atoms with Crippen LogP contribution in [0.1, 0.15) is 31.2 Å². The number of nitrogens with zero attached hydrogens (tertiary/aromatic N) is 3. The second-order valence-corrected chi connectivity index (χ2v) is 6.18. The van der Waals surface area contributed by atoms with Crippen molar-refractivity contribution in [2.24, 2.45) is 0 Å². The number of hydrogen-bond donors (Lipinski definition) is 1. The van der Waals surface area contributed by atoms with Crippen molar-refractivity contribution in [3.63, 3.8) is 0 Å². The lowest BCUT2D eigenvalue weighted by atomic mass is 10.1. The highest BCUT2D eigenvalue weighted by molar-refractivity contribution is 8.00. The highest BCUT2D eigenvalue weighted by atomic mass is 32.2. The second kappa shape index (κ2) is 6.09. The van der Waals surface area contributed by atoms with Gasteiger partial charge in [-0.3, -0.25) is 10.1 Å². The summed E-state index contributed by atoms with van der Waals surface area (Å²) in [6.45, 7) is 0.661. The van der Waals surface area contributed by atoms with E-state index >= 15 is 0 Å². The summed E-state index contributed by atoms with van der Waals surface area (Å²) in [5, 5.41) is 22.9. The second-order valence-electron chi connectivity index (χ2n) is 4.91. The van der Waals surface area contributed by atoms with Crippen molar-refractivity contribution in [3.05, 3.63) is 27.9 Å². The van der Waals surface area contributed by atoms with Crippen LogP contribution in [0.4, 0.5) is 11.5 Å². The predicted octanol–water partition coefficient (Wildman–Crippen LogP) is 2.95. The maximum Gasteiger partial charge on any atom is 0.312 e. The lowest BCUT2D eigenvalue weighted by Gasteiger charge is -2.27. The molecule has 1 aromatic rings. The molecule has 1 heterocycles. The van der Waals surface area contributed by atoms with Crippen LogP contribution in [0.2, 0.25) is 0 Å². The van der Waals surface area contributed by atoms with Crippen molar-refractivity contribution in [3.8, 4) is 6.07 Å². The Balaban J connectivity index is 2.17. The van der Waals surface area contributed by atoms with Crippen molar-refractivity contribution in [1.29, 1.82) is 5.26 Å². The van der Waals surface area contributed by atoms with E-state index in [1.807, 2.05) is 17.8 Å². The SMILES string of the molecule is CSC1(CNc2ncc(C#N)cc2[N+](=O)[O-])CCCC1. The van der Waals surface area contributed by atoms with Gasteiger partial charge in [0.25, 0.3) is 0 Å². The average Bonchev–Trinajstić information content (AvgIpc) is 2.94. The van der Waals surface area contributed by atoms with Gasteiger partial charge in [-0.1, -0.05) is 12.8 Å². The van der Waals surface area contributed by atoms with Gasteiger partial charge in [0, 0.05) is 23.6 Å². The molecule has 0 amide bonds. The Bertz CT molecular complexity index is 550. The lowest BCUT2D eigenvalue weighted by Crippen LogP contribution is -2.30. The first kappa shape index (κ1) is 14.6. The summed E-state index contributed by atoms with van der Waals surface area (Å²) in [5.41, 5.74) is 0.0565. The summed E-state index contributed by atoms with van der Waals surface area (Å²) in [7, 11) is 0. The number of thioether (sulfide) groups is 1. The molecule has 1 aromatic heterocycles. The number of anilines is 1. The fraction of sp³-hybridized carbons (Fsp3) is 0.538. The van der Waals surface area contributed by atoms with E-state index < -0.39 is 4.92 Å². The molecule has 20 heavy (non-hydrogen) atoms. The van der Waals surface area contributed by atoms with Crippen LogP contribution in [0.3, 0.4) is 0 Å². The van der Waals surface area contributed by atoms with Crippen molar-refractivity contribution in [1.82, 2.24) is 4.98 Å². The molecule has 0 unspecified atom stereocenters. The zero-order valence-corrected chi connectivity index (χ0v) is 12.1. The zero-order chi connectivity index (χ0) is 14.6. The maximum absolute atomic E-state index is 11.0. The molecule has 1 aliphatic rings. The van der Waals surface area contributed by atoms with Crippen molar-refractivity contribution < 1.29 is 4.92 Å². The van der Waals surface area contributed by atoms with Gasteiger partial charge >= 0.3 is 5.69 Å². The monoisotopic (exact) mass is 292 g/mol. The van der Waals surface area contributed by atoms with Crippen LogP contribution in [0, 0.1) is 21.4 Å². The van der Waals surface area contributed by atoms with E-state index in [0.717, 1.165) is 12.8 Å². The van der Waals surface area contributed by atoms with Gasteiger partial charge in [0.2, 0.25) is 5.82 Å². The number of pyridine rings is 1. The molecule has 0 spiro atoms. The van der Waals surface area contributed by atoms with Crippen LogP contribution in [-0.4, -0.2) is 27.5 Å². The number of nitro groups is 1. The molecular weight excluding hydrogens is 276 g/mol. The third kappa shape index (κ3) is 3.02. The Morgan fingerprint density at radius 2 is 2.30 bits per heavy atom. The molecule has 7 heteroatoms. The molecule has 0 bridgehead atoms. The van der Waals surface area contributed by atoms with Gasteiger partial charge in [0.1, 0.15) is 6.07 Å². The van der Waals surface area contributed by atoms with E-state index in [0.29, 0.717) is 6.54 Å². The molecule has 1 fully saturated rings. The van der Waals surface area contributed by atoms with Crippen LogP contribution in [0.25, 0.3) is 0 Å². The van der Waals surface area contributed by atoms with E-state index in [1.54, 1.807) is 0 Å². The summed E-state index contributed by atoms with van der Waals surface area (Å²) in [6, 6.07) is 3.13. The molecule has 6 nitrogen and oxygen atoms in total. The minimum absolute atomic E-state index is 0.140. The molecule has 106 valence electrons. The van der Waals surface area contributed by atoms with E-state index in [1.165, 1.54) is 25.1 Å². The molecule has 0 aromatic carbocycles. The van der Waals surface area contributed by atoms with Crippen LogP contribution in [-0.2, 0) is 0 Å². The molecule has 1 N–H and O–H groups in total. The zero-order valence-electron chi connectivity index (χ0n) is 11.3. The Morgan fingerprint density at radius 3 is 2.85 bits per heavy atom. The molecular formula is C13H16N4O2S. The first-order chi connectivity index (χ1) is 9.60. The molecule has 2 rings (SSSR count). The number of hydrogen-bond acceptors (Lipinski definition) is 6. The average molecular weight is 292 g/mol. The van der Waals surface area contributed by atoms with Gasteiger partial charge in [-0.15, -0.1) is 0 Å². The van der Waals surface area contributed by atoms with Crippen molar-refractivity contribution >= 4 is 23.3 Å². The van der Waals surface area contributed by atoms with Gasteiger partial charge in [0.05, 0.1) is 10.5 Å². The highest BCUT2D eigenvalue weighted by Crippen LogP contribution is 2.40. The Kier molecular flexibility index (Phi) is 4.45. The summed E-state index contributed by atoms with van der Waals surface area (Å²) in [6.07, 6.45) is 8.07. The van der Waals surface area contributed by atoms with E-state index in [9.17, 15) is 10.1 Å². The Morgan fingerprint density at radius 1 is 1.60 bits per heavy atom. The van der Waals surface area contributed by atoms with Crippen LogP contribution >= 0.6 is 11.8 Å². The van der Waals surface area contributed by atoms with Crippen LogP contribution in [0.5, 0.6) is 0 Å². The van der Waals surface area contributed by atoms with Gasteiger partial charge in [-0.05, 0) is 19.1 Å². The minimum Gasteiger partial charge on any atom is -0.363 e. The number of aromatic nitrogens is 1. The quantitative estimate of drug-likeness (QED) is 0.662. The first-order valence-electron chi connectivity index (χ1n) is 6.44. The topological polar surface area (TPSA) is 91.8 Å². The van der Waals surface area contributed by atoms with Crippen LogP contribution < -0.4 is 5.32 Å². The minimum atomic E-state index is -0.503. The standard InChI is InChI=1S/C13H16N4O2S/c1-20-13(4-2-3-5-13)9-16-12-11(17(18)19)6-10(7-14)8-15-12/h6,8H,2-5,9H2,1H3,(H,15,16). The smallest absolute Gasteiger partial charge is 0.312 e. The summed E-state index contributed by atoms with van der Waals surface area (Å²) in [4.78, 5) is 14.6. The summed E-state index contributed by atoms with van der Waals surface area (Å²) < 4.78 is 0.142. The molecule has 1 aliphatic carbocycles. The maximum atomic E-state index is 11.0. The number of nitriles is 1. The fourth-order valence-electron chi connectivity index (χ4n) is 2.51. The first-order valence-corrected chi connectivity index (χ1v) is 7.66. The predicted molar refractivity (Wildman–Crippen MR) is 78.8 cm³/mol. The third-order valence-corrected chi connectivity index (χ3v) is 5.14. The van der Waals surface area contributed by atoms with Gasteiger partial charge in [-0.25, -0.2) is 4.98 Å². The Labute approximate surface area is 121 Å². The highest BCUT2D eigenvalue weighted by Gasteiger charge is 2.33. The summed E-state index contributed by atoms with van der Waals surface area (Å²) >= 11 is 1.81. The van der Waals surface area contributed by atoms with E-state index in [-0.39, 0.29) is 21.8 Å². The largest absolute Gasteiger partial charge is 0.363 e. The molecule has 0 radical (unpaired) electrons. The van der Waals surface area contributed by atoms with Crippen LogP contribution in [0.15, 0.2) is 12.3 Å².